The smallest absolute Gasteiger partial charge is 0.418 e. The molecule has 5 heteroatoms. The van der Waals surface area contributed by atoms with Gasteiger partial charge in [0.2, 0.25) is 0 Å². The molecule has 0 aliphatic heterocycles. The van der Waals surface area contributed by atoms with Crippen molar-refractivity contribution in [2.24, 2.45) is 5.41 Å². The Morgan fingerprint density at radius 3 is 2.26 bits per heavy atom. The number of hydrogen-bond donors (Lipinski definition) is 0. The van der Waals surface area contributed by atoms with E-state index in [1.165, 1.54) is 0 Å². The predicted molar refractivity (Wildman–Crippen MR) is 71.9 cm³/mol. The van der Waals surface area contributed by atoms with Gasteiger partial charge in [-0.15, -0.1) is 0 Å². The molecule has 0 saturated carbocycles. The highest BCUT2D eigenvalue weighted by atomic mass is 19.5. The Morgan fingerprint density at radius 2 is 1.68 bits per heavy atom. The lowest BCUT2D eigenvalue weighted by Crippen LogP contribution is -2.15. The number of rotatable bonds is 0. The molecule has 0 aromatic heterocycles. The first kappa shape index (κ1) is 12.4. The average molecular weight is 272 g/mol. The molecule has 0 aromatic carbocycles. The van der Waals surface area contributed by atoms with Gasteiger partial charge in [-0.3, -0.25) is 0 Å². The van der Waals surface area contributed by atoms with E-state index < -0.39 is 7.25 Å². The van der Waals surface area contributed by atoms with E-state index in [0.717, 1.165) is 11.1 Å². The van der Waals surface area contributed by atoms with Crippen LogP contribution in [0.2, 0.25) is 0 Å². The average Bonchev–Trinajstić information content (AvgIpc) is 2.40. The fourth-order valence-corrected chi connectivity index (χ4v) is 1.67. The molecule has 0 atom stereocenters. The maximum Gasteiger partial charge on any atom is 0.673 e. The Bertz CT molecular complexity index is 534. The molecule has 0 radical (unpaired) electrons. The van der Waals surface area contributed by atoms with Gasteiger partial charge in [0, 0.05) is 24.1 Å². The summed E-state index contributed by atoms with van der Waals surface area (Å²) in [6.07, 6.45) is 13.7. The van der Waals surface area contributed by atoms with Crippen LogP contribution in [-0.4, -0.2) is 7.25 Å². The van der Waals surface area contributed by atoms with Crippen molar-refractivity contribution < 1.29 is 20.0 Å². The van der Waals surface area contributed by atoms with Crippen LogP contribution in [0.25, 0.3) is 0 Å². The van der Waals surface area contributed by atoms with Crippen molar-refractivity contribution in [1.29, 1.82) is 0 Å². The Balaban J connectivity index is 0.000000383. The highest BCUT2D eigenvalue weighted by molar-refractivity contribution is 6.50. The van der Waals surface area contributed by atoms with Crippen LogP contribution in [0.5, 0.6) is 0 Å². The maximum atomic E-state index is 9.75. The van der Waals surface area contributed by atoms with Gasteiger partial charge in [-0.05, 0) is 37.6 Å². The summed E-state index contributed by atoms with van der Waals surface area (Å²) in [5, 5.41) is 0. The monoisotopic (exact) mass is 272 g/mol. The number of fused-ring (bicyclic) bond motifs is 2. The number of allylic oxidation sites excluding steroid dienone is 10. The maximum absolute atomic E-state index is 9.75. The molecule has 0 nitrogen and oxygen atoms in total. The minimum atomic E-state index is -6.00. The zero-order valence-corrected chi connectivity index (χ0v) is 10.6. The molecule has 0 saturated heterocycles. The van der Waals surface area contributed by atoms with Gasteiger partial charge in [0.25, 0.3) is 0 Å². The van der Waals surface area contributed by atoms with Crippen molar-refractivity contribution in [1.82, 2.24) is 0 Å². The van der Waals surface area contributed by atoms with E-state index in [1.54, 1.807) is 6.08 Å². The van der Waals surface area contributed by atoms with Crippen LogP contribution in [0.3, 0.4) is 0 Å². The van der Waals surface area contributed by atoms with Crippen LogP contribution in [-0.2, 0) is 0 Å². The minimum absolute atomic E-state index is 0.143. The fraction of sp³-hybridized carbons (Fsp3) is 0.214. The summed E-state index contributed by atoms with van der Waals surface area (Å²) in [6.45, 7) is 4.24. The van der Waals surface area contributed by atoms with Crippen molar-refractivity contribution in [2.75, 3.05) is 0 Å². The molecule has 2 bridgehead atoms. The first-order valence-electron chi connectivity index (χ1n) is 6.68. The molecule has 2 aliphatic rings. The number of hydrogen-bond acceptors (Lipinski definition) is 0. The topological polar surface area (TPSA) is 0 Å². The van der Waals surface area contributed by atoms with Crippen LogP contribution >= 0.6 is 0 Å². The summed E-state index contributed by atoms with van der Waals surface area (Å²) in [5.74, 6) is 0. The van der Waals surface area contributed by atoms with Gasteiger partial charge in [-0.25, -0.2) is 0 Å². The third-order valence-electron chi connectivity index (χ3n) is 2.75. The highest BCUT2D eigenvalue weighted by Gasteiger charge is 2.30. The van der Waals surface area contributed by atoms with Gasteiger partial charge in [0.05, 0.1) is 11.5 Å². The van der Waals surface area contributed by atoms with Crippen molar-refractivity contribution in [3.8, 4) is 0 Å². The van der Waals surface area contributed by atoms with E-state index in [-0.39, 0.29) is 5.41 Å². The van der Waals surface area contributed by atoms with E-state index in [2.05, 4.69) is 13.8 Å². The molecule has 0 amide bonds. The molecule has 0 N–H and O–H groups in total. The summed E-state index contributed by atoms with van der Waals surface area (Å²) in [6, 6.07) is 0.384. The first-order chi connectivity index (χ1) is 9.50. The van der Waals surface area contributed by atoms with Gasteiger partial charge in [0.15, 0.2) is 2.74 Å². The second-order valence-electron chi connectivity index (χ2n) is 4.52. The highest BCUT2D eigenvalue weighted by Crippen LogP contribution is 2.38. The third kappa shape index (κ3) is 5.24. The Kier molecular flexibility index (Phi) is 3.91. The van der Waals surface area contributed by atoms with E-state index >= 15 is 0 Å². The lowest BCUT2D eigenvalue weighted by atomic mass is 9.76. The van der Waals surface area contributed by atoms with Crippen LogP contribution in [0.4, 0.5) is 17.3 Å². The largest absolute Gasteiger partial charge is 0.673 e. The third-order valence-corrected chi connectivity index (χ3v) is 2.75. The quantitative estimate of drug-likeness (QED) is 0.328. The molecular formula is C14H15BF4. The Hall–Kier alpha value is -1.65. The summed E-state index contributed by atoms with van der Waals surface area (Å²) in [5.41, 5.74) is 2.08. The second kappa shape index (κ2) is 6.00. The molecule has 102 valence electrons. The zero-order valence-electron chi connectivity index (χ0n) is 12.6. The SMILES string of the molecule is F[B-](F)(F)F.[2H]C1=C[C+]([2H])C=C2C=CC=CC(=C1)C2(C)C. The molecule has 0 fully saturated rings. The fourth-order valence-electron chi connectivity index (χ4n) is 1.67. The van der Waals surface area contributed by atoms with E-state index in [0.29, 0.717) is 12.4 Å². The second-order valence-corrected chi connectivity index (χ2v) is 4.52. The van der Waals surface area contributed by atoms with Crippen LogP contribution in [0.1, 0.15) is 16.6 Å². The van der Waals surface area contributed by atoms with Crippen molar-refractivity contribution >= 4 is 7.25 Å². The minimum Gasteiger partial charge on any atom is -0.418 e. The van der Waals surface area contributed by atoms with Gasteiger partial charge in [-0.1, -0.05) is 12.2 Å². The van der Waals surface area contributed by atoms with Crippen molar-refractivity contribution in [3.05, 3.63) is 66.1 Å². The first-order valence-corrected chi connectivity index (χ1v) is 5.68. The van der Waals surface area contributed by atoms with E-state index in [1.807, 2.05) is 36.5 Å². The van der Waals surface area contributed by atoms with Gasteiger partial charge in [-0.2, -0.15) is 0 Å². The molecule has 0 heterocycles. The summed E-state index contributed by atoms with van der Waals surface area (Å²) < 4.78 is 54.5. The molecule has 0 unspecified atom stereocenters. The van der Waals surface area contributed by atoms with Crippen molar-refractivity contribution in [3.63, 3.8) is 0 Å². The molecular weight excluding hydrogens is 255 g/mol. The Labute approximate surface area is 113 Å². The summed E-state index contributed by atoms with van der Waals surface area (Å²) >= 11 is 0. The molecule has 0 spiro atoms. The number of halogens is 4. The Morgan fingerprint density at radius 1 is 1.16 bits per heavy atom. The summed E-state index contributed by atoms with van der Waals surface area (Å²) in [4.78, 5) is 0. The standard InChI is InChI=1S/C14H15.BF4/c1-14(2)12-8-4-3-5-9-13(14)11-7-6-10-12;2-1(3,4)5/h3-11H,1-2H3;/q+1;-1/i4D,5D;. The summed E-state index contributed by atoms with van der Waals surface area (Å²) in [7, 11) is -6.00. The molecule has 0 aromatic rings. The van der Waals surface area contributed by atoms with Gasteiger partial charge in [0.1, 0.15) is 0 Å². The molecule has 2 aliphatic carbocycles. The van der Waals surface area contributed by atoms with Crippen LogP contribution in [0.15, 0.2) is 59.7 Å². The van der Waals surface area contributed by atoms with Gasteiger partial charge < -0.3 is 17.3 Å². The van der Waals surface area contributed by atoms with E-state index in [9.17, 15) is 17.3 Å². The van der Waals surface area contributed by atoms with Crippen LogP contribution in [0, 0.1) is 11.8 Å². The van der Waals surface area contributed by atoms with Gasteiger partial charge >= 0.3 is 7.25 Å². The van der Waals surface area contributed by atoms with E-state index in [4.69, 9.17) is 2.74 Å². The normalized spacial score (nSPS) is 22.4. The molecule has 2 rings (SSSR count). The molecule has 19 heavy (non-hydrogen) atoms. The predicted octanol–water partition coefficient (Wildman–Crippen LogP) is 5.07. The van der Waals surface area contributed by atoms with Crippen LogP contribution < -0.4 is 0 Å². The lowest BCUT2D eigenvalue weighted by Gasteiger charge is -2.23. The van der Waals surface area contributed by atoms with Crippen molar-refractivity contribution in [2.45, 2.75) is 13.8 Å². The zero-order chi connectivity index (χ0) is 16.3. The lowest BCUT2D eigenvalue weighted by molar-refractivity contribution is 0.368.